The third-order valence-electron chi connectivity index (χ3n) is 5.29. The monoisotopic (exact) mass is 417 g/mol. The number of nitrogens with one attached hydrogen (secondary N) is 1. The summed E-state index contributed by atoms with van der Waals surface area (Å²) in [6.45, 7) is 4.00. The number of hydrogen-bond acceptors (Lipinski definition) is 2. The van der Waals surface area contributed by atoms with Crippen LogP contribution in [0.1, 0.15) is 27.9 Å². The first-order valence-corrected chi connectivity index (χ1v) is 10.3. The van der Waals surface area contributed by atoms with Gasteiger partial charge in [-0.1, -0.05) is 35.9 Å². The highest BCUT2D eigenvalue weighted by Crippen LogP contribution is 2.24. The summed E-state index contributed by atoms with van der Waals surface area (Å²) in [6.07, 6.45) is 0.885. The molecule has 0 saturated carbocycles. The highest BCUT2D eigenvalue weighted by atomic mass is 19.1. The minimum Gasteiger partial charge on any atom is -0.322 e. The van der Waals surface area contributed by atoms with Crippen molar-refractivity contribution in [1.29, 1.82) is 0 Å². The number of carbonyl (C=O) groups is 2. The number of urea groups is 1. The molecule has 1 saturated heterocycles. The molecule has 0 bridgehead atoms. The maximum absolute atomic E-state index is 13.3. The third-order valence-corrected chi connectivity index (χ3v) is 5.29. The van der Waals surface area contributed by atoms with Gasteiger partial charge in [0.05, 0.1) is 0 Å². The van der Waals surface area contributed by atoms with E-state index in [2.05, 4.69) is 11.4 Å². The second-order valence-electron chi connectivity index (χ2n) is 7.71. The topological polar surface area (TPSA) is 52.6 Å². The zero-order chi connectivity index (χ0) is 21.8. The van der Waals surface area contributed by atoms with Crippen LogP contribution in [0.3, 0.4) is 0 Å². The van der Waals surface area contributed by atoms with Gasteiger partial charge in [-0.3, -0.25) is 9.69 Å². The molecular weight excluding hydrogens is 393 g/mol. The number of anilines is 2. The zero-order valence-corrected chi connectivity index (χ0v) is 17.3. The van der Waals surface area contributed by atoms with Gasteiger partial charge in [0.1, 0.15) is 5.82 Å². The van der Waals surface area contributed by atoms with E-state index in [1.807, 2.05) is 42.2 Å². The molecule has 0 aliphatic carbocycles. The smallest absolute Gasteiger partial charge is 0.322 e. The van der Waals surface area contributed by atoms with Crippen LogP contribution in [0.25, 0.3) is 0 Å². The molecule has 31 heavy (non-hydrogen) atoms. The van der Waals surface area contributed by atoms with Crippen molar-refractivity contribution in [2.24, 2.45) is 0 Å². The predicted molar refractivity (Wildman–Crippen MR) is 120 cm³/mol. The number of amides is 3. The van der Waals surface area contributed by atoms with Crippen molar-refractivity contribution >= 4 is 23.3 Å². The normalized spacial score (nSPS) is 13.9. The molecule has 6 heteroatoms. The minimum atomic E-state index is -0.457. The van der Waals surface area contributed by atoms with E-state index in [1.165, 1.54) is 23.8 Å². The first-order chi connectivity index (χ1) is 15.0. The largest absolute Gasteiger partial charge is 0.324 e. The Balaban J connectivity index is 1.43. The van der Waals surface area contributed by atoms with Gasteiger partial charge in [-0.2, -0.15) is 0 Å². The van der Waals surface area contributed by atoms with E-state index < -0.39 is 5.82 Å². The molecule has 1 aliphatic heterocycles. The lowest BCUT2D eigenvalue weighted by molar-refractivity contribution is 0.102. The Labute approximate surface area is 181 Å². The fraction of sp³-hybridized carbons (Fsp3) is 0.200. The maximum Gasteiger partial charge on any atom is 0.324 e. The average Bonchev–Trinajstić information content (AvgIpc) is 2.76. The van der Waals surface area contributed by atoms with Crippen LogP contribution in [0, 0.1) is 12.7 Å². The molecule has 1 heterocycles. The molecule has 3 aromatic rings. The van der Waals surface area contributed by atoms with Crippen molar-refractivity contribution in [3.8, 4) is 0 Å². The second-order valence-corrected chi connectivity index (χ2v) is 7.71. The second kappa shape index (κ2) is 9.00. The molecule has 4 rings (SSSR count). The zero-order valence-electron chi connectivity index (χ0n) is 17.3. The lowest BCUT2D eigenvalue weighted by atomic mass is 10.1. The van der Waals surface area contributed by atoms with E-state index in [4.69, 9.17) is 0 Å². The lowest BCUT2D eigenvalue weighted by Gasteiger charge is -2.35. The van der Waals surface area contributed by atoms with E-state index >= 15 is 0 Å². The fourth-order valence-electron chi connectivity index (χ4n) is 3.76. The average molecular weight is 417 g/mol. The van der Waals surface area contributed by atoms with Crippen LogP contribution in [0.2, 0.25) is 0 Å². The molecule has 1 fully saturated rings. The Hall–Kier alpha value is -3.67. The number of halogens is 1. The van der Waals surface area contributed by atoms with E-state index in [0.29, 0.717) is 18.8 Å². The summed E-state index contributed by atoms with van der Waals surface area (Å²) in [7, 11) is 0. The minimum absolute atomic E-state index is 0.0238. The van der Waals surface area contributed by atoms with E-state index in [1.54, 1.807) is 23.1 Å². The highest BCUT2D eigenvalue weighted by molar-refractivity contribution is 6.04. The van der Waals surface area contributed by atoms with E-state index in [-0.39, 0.29) is 17.5 Å². The molecule has 0 unspecified atom stereocenters. The molecule has 0 spiro atoms. The lowest BCUT2D eigenvalue weighted by Crippen LogP contribution is -2.49. The van der Waals surface area contributed by atoms with Crippen molar-refractivity contribution in [3.63, 3.8) is 0 Å². The van der Waals surface area contributed by atoms with Gasteiger partial charge in [0.15, 0.2) is 0 Å². The molecule has 0 atom stereocenters. The summed E-state index contributed by atoms with van der Waals surface area (Å²) in [5, 5.41) is 2.75. The number of nitrogens with zero attached hydrogens (tertiary/aromatic N) is 2. The van der Waals surface area contributed by atoms with Gasteiger partial charge < -0.3 is 10.2 Å². The molecule has 5 nitrogen and oxygen atoms in total. The van der Waals surface area contributed by atoms with Crippen LogP contribution >= 0.6 is 0 Å². The van der Waals surface area contributed by atoms with Crippen LogP contribution < -0.4 is 10.2 Å². The number of benzene rings is 3. The number of carbonyl (C=O) groups excluding carboxylic acids is 2. The summed E-state index contributed by atoms with van der Waals surface area (Å²) in [6, 6.07) is 20.8. The molecule has 1 N–H and O–H groups in total. The van der Waals surface area contributed by atoms with Gasteiger partial charge in [0, 0.05) is 36.6 Å². The molecule has 0 radical (unpaired) electrons. The quantitative estimate of drug-likeness (QED) is 0.619. The van der Waals surface area contributed by atoms with Gasteiger partial charge >= 0.3 is 6.03 Å². The van der Waals surface area contributed by atoms with E-state index in [9.17, 15) is 14.0 Å². The van der Waals surface area contributed by atoms with Gasteiger partial charge in [-0.15, -0.1) is 0 Å². The van der Waals surface area contributed by atoms with Crippen LogP contribution in [0.15, 0.2) is 72.8 Å². The van der Waals surface area contributed by atoms with Gasteiger partial charge in [-0.05, 0) is 61.4 Å². The molecule has 158 valence electrons. The standard InChI is InChI=1S/C25H24FN3O2/c1-18-5-2-6-19(15-18)17-28-13-4-14-29(25(28)31)23-11-9-22(10-12-23)27-24(30)20-7-3-8-21(26)16-20/h2-3,5-12,15-16H,4,13-14,17H2,1H3,(H,27,30). The van der Waals surface area contributed by atoms with E-state index in [0.717, 1.165) is 24.2 Å². The maximum atomic E-state index is 13.3. The van der Waals surface area contributed by atoms with Crippen LogP contribution in [0.5, 0.6) is 0 Å². The van der Waals surface area contributed by atoms with Crippen molar-refractivity contribution in [3.05, 3.63) is 95.3 Å². The number of hydrogen-bond donors (Lipinski definition) is 1. The Morgan fingerprint density at radius 3 is 2.52 bits per heavy atom. The molecule has 0 aromatic heterocycles. The van der Waals surface area contributed by atoms with Crippen molar-refractivity contribution in [2.75, 3.05) is 23.3 Å². The Morgan fingerprint density at radius 2 is 1.77 bits per heavy atom. The SMILES string of the molecule is Cc1cccc(CN2CCCN(c3ccc(NC(=O)c4cccc(F)c4)cc3)C2=O)c1. The Bertz CT molecular complexity index is 1100. The fourth-order valence-corrected chi connectivity index (χ4v) is 3.76. The summed E-state index contributed by atoms with van der Waals surface area (Å²) in [4.78, 5) is 29.0. The van der Waals surface area contributed by atoms with Crippen LogP contribution in [-0.2, 0) is 6.54 Å². The summed E-state index contributed by atoms with van der Waals surface area (Å²) in [5.74, 6) is -0.840. The molecule has 3 aromatic carbocycles. The third kappa shape index (κ3) is 4.91. The van der Waals surface area contributed by atoms with Crippen molar-refractivity contribution in [1.82, 2.24) is 4.90 Å². The molecule has 3 amide bonds. The van der Waals surface area contributed by atoms with Gasteiger partial charge in [0.25, 0.3) is 5.91 Å². The van der Waals surface area contributed by atoms with Crippen molar-refractivity contribution < 1.29 is 14.0 Å². The van der Waals surface area contributed by atoms with Gasteiger partial charge in [-0.25, -0.2) is 9.18 Å². The first kappa shape index (κ1) is 20.6. The summed E-state index contributed by atoms with van der Waals surface area (Å²) in [5.41, 5.74) is 3.91. The summed E-state index contributed by atoms with van der Waals surface area (Å²) < 4.78 is 13.3. The Morgan fingerprint density at radius 1 is 1.00 bits per heavy atom. The number of aryl methyl sites for hydroxylation is 1. The van der Waals surface area contributed by atoms with Crippen LogP contribution in [-0.4, -0.2) is 29.9 Å². The Kier molecular flexibility index (Phi) is 5.98. The van der Waals surface area contributed by atoms with Crippen LogP contribution in [0.4, 0.5) is 20.6 Å². The van der Waals surface area contributed by atoms with Crippen molar-refractivity contribution in [2.45, 2.75) is 19.9 Å². The first-order valence-electron chi connectivity index (χ1n) is 10.3. The molecular formula is C25H24FN3O2. The highest BCUT2D eigenvalue weighted by Gasteiger charge is 2.26. The molecule has 1 aliphatic rings. The summed E-state index contributed by atoms with van der Waals surface area (Å²) >= 11 is 0. The number of rotatable bonds is 5. The predicted octanol–water partition coefficient (Wildman–Crippen LogP) is 5.22. The van der Waals surface area contributed by atoms with Gasteiger partial charge in [0.2, 0.25) is 0 Å².